The SMILES string of the molecule is NCCC(=O)NC1CCC(CC(=O)c2ncc[nH]2)CC1. The van der Waals surface area contributed by atoms with Gasteiger partial charge in [-0.15, -0.1) is 0 Å². The number of imidazole rings is 1. The van der Waals surface area contributed by atoms with Crippen molar-refractivity contribution in [1.29, 1.82) is 0 Å². The summed E-state index contributed by atoms with van der Waals surface area (Å²) in [5, 5.41) is 3.00. The van der Waals surface area contributed by atoms with E-state index in [1.165, 1.54) is 0 Å². The molecule has 0 aliphatic heterocycles. The Balaban J connectivity index is 1.71. The molecule has 0 saturated heterocycles. The zero-order valence-corrected chi connectivity index (χ0v) is 11.6. The molecule has 1 amide bonds. The number of rotatable bonds is 6. The smallest absolute Gasteiger partial charge is 0.221 e. The van der Waals surface area contributed by atoms with E-state index < -0.39 is 0 Å². The summed E-state index contributed by atoms with van der Waals surface area (Å²) < 4.78 is 0. The molecule has 20 heavy (non-hydrogen) atoms. The van der Waals surface area contributed by atoms with Crippen LogP contribution in [0.4, 0.5) is 0 Å². The minimum atomic E-state index is 0.0302. The van der Waals surface area contributed by atoms with Gasteiger partial charge in [0.05, 0.1) is 0 Å². The van der Waals surface area contributed by atoms with Crippen molar-refractivity contribution < 1.29 is 9.59 Å². The molecule has 6 heteroatoms. The van der Waals surface area contributed by atoms with Crippen molar-refractivity contribution in [1.82, 2.24) is 15.3 Å². The van der Waals surface area contributed by atoms with Gasteiger partial charge < -0.3 is 16.0 Å². The highest BCUT2D eigenvalue weighted by molar-refractivity contribution is 5.92. The van der Waals surface area contributed by atoms with E-state index >= 15 is 0 Å². The molecular formula is C14H22N4O2. The van der Waals surface area contributed by atoms with Gasteiger partial charge >= 0.3 is 0 Å². The predicted octanol–water partition coefficient (Wildman–Crippen LogP) is 1.01. The Bertz CT molecular complexity index is 436. The number of nitrogens with two attached hydrogens (primary N) is 1. The summed E-state index contributed by atoms with van der Waals surface area (Å²) >= 11 is 0. The van der Waals surface area contributed by atoms with E-state index in [2.05, 4.69) is 15.3 Å². The zero-order valence-electron chi connectivity index (χ0n) is 11.6. The van der Waals surface area contributed by atoms with E-state index in [9.17, 15) is 9.59 Å². The van der Waals surface area contributed by atoms with Crippen LogP contribution in [-0.2, 0) is 4.79 Å². The van der Waals surface area contributed by atoms with Crippen LogP contribution >= 0.6 is 0 Å². The molecule has 0 aromatic carbocycles. The number of carbonyl (C=O) groups is 2. The Morgan fingerprint density at radius 1 is 1.35 bits per heavy atom. The highest BCUT2D eigenvalue weighted by atomic mass is 16.1. The molecule has 0 spiro atoms. The fourth-order valence-electron chi connectivity index (χ4n) is 2.72. The maximum Gasteiger partial charge on any atom is 0.221 e. The molecule has 1 fully saturated rings. The van der Waals surface area contributed by atoms with Crippen molar-refractivity contribution in [2.75, 3.05) is 6.54 Å². The molecule has 110 valence electrons. The Kier molecular flexibility index (Phi) is 5.29. The second-order valence-corrected chi connectivity index (χ2v) is 5.39. The average Bonchev–Trinajstić information content (AvgIpc) is 2.95. The monoisotopic (exact) mass is 278 g/mol. The molecule has 0 radical (unpaired) electrons. The van der Waals surface area contributed by atoms with E-state index in [0.29, 0.717) is 31.1 Å². The molecule has 1 saturated carbocycles. The Morgan fingerprint density at radius 3 is 2.70 bits per heavy atom. The fourth-order valence-corrected chi connectivity index (χ4v) is 2.72. The first kappa shape index (κ1) is 14.7. The molecule has 1 aromatic rings. The van der Waals surface area contributed by atoms with Crippen molar-refractivity contribution in [3.8, 4) is 0 Å². The largest absolute Gasteiger partial charge is 0.353 e. The standard InChI is InChI=1S/C14H22N4O2/c15-6-5-13(20)18-11-3-1-10(2-4-11)9-12(19)14-16-7-8-17-14/h7-8,10-11H,1-6,9,15H2,(H,16,17)(H,18,20). The van der Waals surface area contributed by atoms with E-state index in [-0.39, 0.29) is 17.7 Å². The number of aromatic amines is 1. The second-order valence-electron chi connectivity index (χ2n) is 5.39. The third-order valence-electron chi connectivity index (χ3n) is 3.82. The Labute approximate surface area is 118 Å². The van der Waals surface area contributed by atoms with Gasteiger partial charge in [-0.25, -0.2) is 4.98 Å². The number of H-pyrrole nitrogens is 1. The highest BCUT2D eigenvalue weighted by Crippen LogP contribution is 2.27. The van der Waals surface area contributed by atoms with Gasteiger partial charge in [0, 0.05) is 37.8 Å². The van der Waals surface area contributed by atoms with Crippen LogP contribution in [0, 0.1) is 5.92 Å². The highest BCUT2D eigenvalue weighted by Gasteiger charge is 2.24. The summed E-state index contributed by atoms with van der Waals surface area (Å²) in [4.78, 5) is 30.2. The molecule has 1 aromatic heterocycles. The van der Waals surface area contributed by atoms with E-state index in [0.717, 1.165) is 25.7 Å². The zero-order chi connectivity index (χ0) is 14.4. The molecule has 1 aliphatic rings. The maximum atomic E-state index is 11.9. The number of carbonyl (C=O) groups excluding carboxylic acids is 2. The van der Waals surface area contributed by atoms with Gasteiger partial charge in [0.15, 0.2) is 11.6 Å². The lowest BCUT2D eigenvalue weighted by Crippen LogP contribution is -2.38. The molecule has 0 atom stereocenters. The summed E-state index contributed by atoms with van der Waals surface area (Å²) in [7, 11) is 0. The lowest BCUT2D eigenvalue weighted by molar-refractivity contribution is -0.121. The number of amides is 1. The summed E-state index contributed by atoms with van der Waals surface area (Å²) in [5.41, 5.74) is 5.35. The van der Waals surface area contributed by atoms with Gasteiger partial charge in [-0.05, 0) is 31.6 Å². The summed E-state index contributed by atoms with van der Waals surface area (Å²) in [6.45, 7) is 0.388. The first-order chi connectivity index (χ1) is 9.69. The number of ketones is 1. The normalized spacial score (nSPS) is 22.4. The first-order valence-electron chi connectivity index (χ1n) is 7.21. The van der Waals surface area contributed by atoms with Crippen molar-refractivity contribution in [2.24, 2.45) is 11.7 Å². The number of aromatic nitrogens is 2. The molecule has 1 heterocycles. The van der Waals surface area contributed by atoms with E-state index in [4.69, 9.17) is 5.73 Å². The lowest BCUT2D eigenvalue weighted by atomic mass is 9.83. The van der Waals surface area contributed by atoms with Crippen LogP contribution < -0.4 is 11.1 Å². The molecule has 0 unspecified atom stereocenters. The number of nitrogens with one attached hydrogen (secondary N) is 2. The van der Waals surface area contributed by atoms with E-state index in [1.54, 1.807) is 12.4 Å². The maximum absolute atomic E-state index is 11.9. The minimum absolute atomic E-state index is 0.0302. The van der Waals surface area contributed by atoms with Crippen LogP contribution in [0.2, 0.25) is 0 Å². The van der Waals surface area contributed by atoms with Gasteiger partial charge in [0.1, 0.15) is 0 Å². The molecule has 4 N–H and O–H groups in total. The van der Waals surface area contributed by atoms with Gasteiger partial charge in [-0.2, -0.15) is 0 Å². The van der Waals surface area contributed by atoms with Crippen molar-refractivity contribution >= 4 is 11.7 Å². The van der Waals surface area contributed by atoms with Crippen molar-refractivity contribution in [3.63, 3.8) is 0 Å². The first-order valence-corrected chi connectivity index (χ1v) is 7.21. The van der Waals surface area contributed by atoms with E-state index in [1.807, 2.05) is 0 Å². The average molecular weight is 278 g/mol. The number of Topliss-reactive ketones (excluding diaryl/α,β-unsaturated/α-hetero) is 1. The minimum Gasteiger partial charge on any atom is -0.353 e. The number of hydrogen-bond acceptors (Lipinski definition) is 4. The van der Waals surface area contributed by atoms with Crippen molar-refractivity contribution in [2.45, 2.75) is 44.6 Å². The number of nitrogens with zero attached hydrogens (tertiary/aromatic N) is 1. The van der Waals surface area contributed by atoms with Gasteiger partial charge in [0.25, 0.3) is 0 Å². The quantitative estimate of drug-likeness (QED) is 0.676. The predicted molar refractivity (Wildman–Crippen MR) is 75.1 cm³/mol. The van der Waals surface area contributed by atoms with Gasteiger partial charge in [-0.1, -0.05) is 0 Å². The second kappa shape index (κ2) is 7.19. The molecule has 0 bridgehead atoms. The third kappa shape index (κ3) is 4.16. The topological polar surface area (TPSA) is 101 Å². The fraction of sp³-hybridized carbons (Fsp3) is 0.643. The summed E-state index contributed by atoms with van der Waals surface area (Å²) in [6, 6.07) is 0.240. The van der Waals surface area contributed by atoms with Gasteiger partial charge in [0.2, 0.25) is 5.91 Å². The Hall–Kier alpha value is -1.69. The van der Waals surface area contributed by atoms with Crippen LogP contribution in [0.3, 0.4) is 0 Å². The van der Waals surface area contributed by atoms with Gasteiger partial charge in [-0.3, -0.25) is 9.59 Å². The van der Waals surface area contributed by atoms with Crippen LogP contribution in [0.5, 0.6) is 0 Å². The summed E-state index contributed by atoms with van der Waals surface area (Å²) in [6.07, 6.45) is 8.00. The van der Waals surface area contributed by atoms with Crippen LogP contribution in [0.15, 0.2) is 12.4 Å². The molecular weight excluding hydrogens is 256 g/mol. The molecule has 1 aliphatic carbocycles. The van der Waals surface area contributed by atoms with Crippen LogP contribution in [0.1, 0.15) is 49.1 Å². The van der Waals surface area contributed by atoms with Crippen molar-refractivity contribution in [3.05, 3.63) is 18.2 Å². The summed E-state index contributed by atoms with van der Waals surface area (Å²) in [5.74, 6) is 0.951. The van der Waals surface area contributed by atoms with Crippen LogP contribution in [-0.4, -0.2) is 34.2 Å². The van der Waals surface area contributed by atoms with Crippen LogP contribution in [0.25, 0.3) is 0 Å². The Morgan fingerprint density at radius 2 is 2.10 bits per heavy atom. The molecule has 6 nitrogen and oxygen atoms in total. The lowest BCUT2D eigenvalue weighted by Gasteiger charge is -2.28. The molecule has 2 rings (SSSR count). The third-order valence-corrected chi connectivity index (χ3v) is 3.82. The number of hydrogen-bond donors (Lipinski definition) is 3.